The molecule has 1 aromatic carbocycles. The summed E-state index contributed by atoms with van der Waals surface area (Å²) in [7, 11) is 0. The first-order chi connectivity index (χ1) is 8.38. The van der Waals surface area contributed by atoms with Crippen molar-refractivity contribution in [2.24, 2.45) is 0 Å². The Hall–Kier alpha value is -0.860. The zero-order chi connectivity index (χ0) is 11.9. The van der Waals surface area contributed by atoms with Gasteiger partial charge in [0.15, 0.2) is 0 Å². The SMILES string of the molecule is CCc1ccc(CCCN2CCNCC2)cc1. The first-order valence-electron chi connectivity index (χ1n) is 6.89. The Balaban J connectivity index is 1.69. The predicted octanol–water partition coefficient (Wildman–Crippen LogP) is 2.09. The molecule has 1 heterocycles. The molecule has 0 atom stereocenters. The molecular weight excluding hydrogens is 208 g/mol. The van der Waals surface area contributed by atoms with Crippen LogP contribution in [0.4, 0.5) is 0 Å². The molecule has 0 bridgehead atoms. The van der Waals surface area contributed by atoms with Crippen LogP contribution in [0.25, 0.3) is 0 Å². The molecule has 1 aromatic rings. The second-order valence-electron chi connectivity index (χ2n) is 4.87. The van der Waals surface area contributed by atoms with Crippen molar-refractivity contribution in [3.05, 3.63) is 35.4 Å². The normalized spacial score (nSPS) is 17.2. The zero-order valence-electron chi connectivity index (χ0n) is 10.9. The van der Waals surface area contributed by atoms with Gasteiger partial charge >= 0.3 is 0 Å². The van der Waals surface area contributed by atoms with Crippen molar-refractivity contribution >= 4 is 0 Å². The summed E-state index contributed by atoms with van der Waals surface area (Å²) in [5, 5.41) is 3.39. The third-order valence-corrected chi connectivity index (χ3v) is 3.58. The lowest BCUT2D eigenvalue weighted by atomic mass is 10.1. The van der Waals surface area contributed by atoms with E-state index in [0.717, 1.165) is 19.5 Å². The van der Waals surface area contributed by atoms with Gasteiger partial charge in [0.1, 0.15) is 0 Å². The van der Waals surface area contributed by atoms with E-state index in [4.69, 9.17) is 0 Å². The molecule has 0 unspecified atom stereocenters. The van der Waals surface area contributed by atoms with Gasteiger partial charge in [-0.05, 0) is 36.9 Å². The fourth-order valence-electron chi connectivity index (χ4n) is 2.38. The van der Waals surface area contributed by atoms with E-state index < -0.39 is 0 Å². The number of rotatable bonds is 5. The average Bonchev–Trinajstić information content (AvgIpc) is 2.41. The minimum atomic E-state index is 1.14. The van der Waals surface area contributed by atoms with Gasteiger partial charge in [-0.1, -0.05) is 31.2 Å². The smallest absolute Gasteiger partial charge is 0.0107 e. The topological polar surface area (TPSA) is 15.3 Å². The van der Waals surface area contributed by atoms with Gasteiger partial charge in [-0.2, -0.15) is 0 Å². The maximum absolute atomic E-state index is 3.39. The van der Waals surface area contributed by atoms with Crippen molar-refractivity contribution in [3.8, 4) is 0 Å². The quantitative estimate of drug-likeness (QED) is 0.836. The van der Waals surface area contributed by atoms with E-state index in [2.05, 4.69) is 41.4 Å². The molecule has 17 heavy (non-hydrogen) atoms. The van der Waals surface area contributed by atoms with Crippen LogP contribution in [0.2, 0.25) is 0 Å². The van der Waals surface area contributed by atoms with Crippen LogP contribution in [0, 0.1) is 0 Å². The summed E-state index contributed by atoms with van der Waals surface area (Å²) >= 11 is 0. The van der Waals surface area contributed by atoms with Crippen molar-refractivity contribution in [2.45, 2.75) is 26.2 Å². The van der Waals surface area contributed by atoms with E-state index in [1.807, 2.05) is 0 Å². The molecule has 94 valence electrons. The van der Waals surface area contributed by atoms with Crippen molar-refractivity contribution in [3.63, 3.8) is 0 Å². The molecule has 0 aliphatic carbocycles. The Morgan fingerprint density at radius 3 is 2.35 bits per heavy atom. The van der Waals surface area contributed by atoms with Crippen LogP contribution in [0.1, 0.15) is 24.5 Å². The molecule has 0 saturated carbocycles. The minimum Gasteiger partial charge on any atom is -0.314 e. The highest BCUT2D eigenvalue weighted by Gasteiger charge is 2.08. The first kappa shape index (κ1) is 12.6. The Morgan fingerprint density at radius 1 is 1.06 bits per heavy atom. The first-order valence-corrected chi connectivity index (χ1v) is 6.89. The highest BCUT2D eigenvalue weighted by atomic mass is 15.2. The minimum absolute atomic E-state index is 1.14. The number of hydrogen-bond acceptors (Lipinski definition) is 2. The fraction of sp³-hybridized carbons (Fsp3) is 0.600. The van der Waals surface area contributed by atoms with E-state index in [9.17, 15) is 0 Å². The summed E-state index contributed by atoms with van der Waals surface area (Å²) in [5.41, 5.74) is 2.92. The molecule has 0 aromatic heterocycles. The lowest BCUT2D eigenvalue weighted by Gasteiger charge is -2.27. The number of piperazine rings is 1. The number of hydrogen-bond donors (Lipinski definition) is 1. The van der Waals surface area contributed by atoms with Crippen LogP contribution in [0.15, 0.2) is 24.3 Å². The van der Waals surface area contributed by atoms with Crippen LogP contribution in [-0.2, 0) is 12.8 Å². The molecule has 2 heteroatoms. The van der Waals surface area contributed by atoms with Gasteiger partial charge in [0.25, 0.3) is 0 Å². The van der Waals surface area contributed by atoms with Crippen molar-refractivity contribution in [1.29, 1.82) is 0 Å². The Morgan fingerprint density at radius 2 is 1.71 bits per heavy atom. The van der Waals surface area contributed by atoms with Crippen LogP contribution >= 0.6 is 0 Å². The maximum Gasteiger partial charge on any atom is 0.0107 e. The zero-order valence-corrected chi connectivity index (χ0v) is 10.9. The van der Waals surface area contributed by atoms with Crippen molar-refractivity contribution in [2.75, 3.05) is 32.7 Å². The molecule has 1 N–H and O–H groups in total. The molecule has 1 aliphatic heterocycles. The second-order valence-corrected chi connectivity index (χ2v) is 4.87. The standard InChI is InChI=1S/C15H24N2/c1-2-14-5-7-15(8-6-14)4-3-11-17-12-9-16-10-13-17/h5-8,16H,2-4,9-13H2,1H3. The van der Waals surface area contributed by atoms with Gasteiger partial charge in [0, 0.05) is 26.2 Å². The molecule has 0 spiro atoms. The van der Waals surface area contributed by atoms with Gasteiger partial charge in [0.05, 0.1) is 0 Å². The second kappa shape index (κ2) is 6.77. The third-order valence-electron chi connectivity index (χ3n) is 3.58. The summed E-state index contributed by atoms with van der Waals surface area (Å²) in [6.07, 6.45) is 3.64. The molecule has 2 rings (SSSR count). The average molecular weight is 232 g/mol. The lowest BCUT2D eigenvalue weighted by Crippen LogP contribution is -2.43. The van der Waals surface area contributed by atoms with Crippen LogP contribution < -0.4 is 5.32 Å². The summed E-state index contributed by atoms with van der Waals surface area (Å²) < 4.78 is 0. The summed E-state index contributed by atoms with van der Waals surface area (Å²) in [6, 6.07) is 9.10. The Labute approximate surface area is 105 Å². The van der Waals surface area contributed by atoms with E-state index in [1.165, 1.54) is 43.6 Å². The number of nitrogens with one attached hydrogen (secondary N) is 1. The van der Waals surface area contributed by atoms with E-state index in [-0.39, 0.29) is 0 Å². The monoisotopic (exact) mass is 232 g/mol. The van der Waals surface area contributed by atoms with E-state index >= 15 is 0 Å². The highest BCUT2D eigenvalue weighted by molar-refractivity contribution is 5.22. The fourth-order valence-corrected chi connectivity index (χ4v) is 2.38. The van der Waals surface area contributed by atoms with E-state index in [1.54, 1.807) is 0 Å². The largest absolute Gasteiger partial charge is 0.314 e. The molecule has 1 saturated heterocycles. The van der Waals surface area contributed by atoms with Gasteiger partial charge in [0.2, 0.25) is 0 Å². The Kier molecular flexibility index (Phi) is 5.02. The van der Waals surface area contributed by atoms with Gasteiger partial charge in [-0.25, -0.2) is 0 Å². The highest BCUT2D eigenvalue weighted by Crippen LogP contribution is 2.08. The van der Waals surface area contributed by atoms with Crippen LogP contribution in [0.5, 0.6) is 0 Å². The van der Waals surface area contributed by atoms with Gasteiger partial charge in [-0.15, -0.1) is 0 Å². The van der Waals surface area contributed by atoms with E-state index in [0.29, 0.717) is 0 Å². The van der Waals surface area contributed by atoms with Crippen LogP contribution in [0.3, 0.4) is 0 Å². The Bertz CT molecular complexity index is 312. The third kappa shape index (κ3) is 4.14. The van der Waals surface area contributed by atoms with Crippen LogP contribution in [-0.4, -0.2) is 37.6 Å². The summed E-state index contributed by atoms with van der Waals surface area (Å²) in [6.45, 7) is 8.20. The molecule has 1 fully saturated rings. The van der Waals surface area contributed by atoms with Crippen molar-refractivity contribution < 1.29 is 0 Å². The van der Waals surface area contributed by atoms with Gasteiger partial charge < -0.3 is 10.2 Å². The summed E-state index contributed by atoms with van der Waals surface area (Å²) in [5.74, 6) is 0. The maximum atomic E-state index is 3.39. The molecule has 1 aliphatic rings. The summed E-state index contributed by atoms with van der Waals surface area (Å²) in [4.78, 5) is 2.57. The molecular formula is C15H24N2. The molecule has 2 nitrogen and oxygen atoms in total. The van der Waals surface area contributed by atoms with Crippen molar-refractivity contribution in [1.82, 2.24) is 10.2 Å². The number of nitrogens with zero attached hydrogens (tertiary/aromatic N) is 1. The molecule has 0 amide bonds. The number of benzene rings is 1. The predicted molar refractivity (Wildman–Crippen MR) is 73.5 cm³/mol. The van der Waals surface area contributed by atoms with Gasteiger partial charge in [-0.3, -0.25) is 0 Å². The molecule has 0 radical (unpaired) electrons. The lowest BCUT2D eigenvalue weighted by molar-refractivity contribution is 0.238. The number of aryl methyl sites for hydroxylation is 2.